The fourth-order valence-corrected chi connectivity index (χ4v) is 6.14. The Kier molecular flexibility index (Phi) is 5.54. The molecule has 0 N–H and O–H groups in total. The molecule has 2 aliphatic rings. The van der Waals surface area contributed by atoms with Crippen molar-refractivity contribution in [3.05, 3.63) is 59.7 Å². The molecule has 0 unspecified atom stereocenters. The molecular weight excluding hydrogens is 328 g/mol. The Labute approximate surface area is 154 Å². The molecule has 0 atom stereocenters. The van der Waals surface area contributed by atoms with Crippen molar-refractivity contribution in [2.45, 2.75) is 73.0 Å². The summed E-state index contributed by atoms with van der Waals surface area (Å²) in [5.74, 6) is 1.64. The Balaban J connectivity index is 1.32. The average molecular weight is 355 g/mol. The topological polar surface area (TPSA) is 0 Å². The average Bonchev–Trinajstić information content (AvgIpc) is 3.34. The van der Waals surface area contributed by atoms with E-state index in [1.54, 1.807) is 11.1 Å². The Morgan fingerprint density at radius 2 is 0.833 bits per heavy atom. The quantitative estimate of drug-likeness (QED) is 0.502. The summed E-state index contributed by atoms with van der Waals surface area (Å²) in [5.41, 5.74) is 3.09. The van der Waals surface area contributed by atoms with Crippen LogP contribution in [0.15, 0.2) is 58.3 Å². The zero-order valence-electron chi connectivity index (χ0n) is 14.2. The van der Waals surface area contributed by atoms with Crippen LogP contribution in [0, 0.1) is 0 Å². The Morgan fingerprint density at radius 3 is 1.17 bits per heavy atom. The Morgan fingerprint density at radius 1 is 0.500 bits per heavy atom. The second kappa shape index (κ2) is 8.01. The van der Waals surface area contributed by atoms with Crippen LogP contribution in [0.2, 0.25) is 0 Å². The third kappa shape index (κ3) is 4.03. The summed E-state index contributed by atoms with van der Waals surface area (Å²) < 4.78 is 0. The van der Waals surface area contributed by atoms with Gasteiger partial charge in [0, 0.05) is 9.79 Å². The molecule has 24 heavy (non-hydrogen) atoms. The zero-order chi connectivity index (χ0) is 16.2. The third-order valence-electron chi connectivity index (χ3n) is 5.65. The second-order valence-corrected chi connectivity index (χ2v) is 9.54. The highest BCUT2D eigenvalue weighted by Gasteiger charge is 2.17. The van der Waals surface area contributed by atoms with E-state index in [0.29, 0.717) is 0 Å². The minimum atomic E-state index is 0.819. The molecule has 0 bridgehead atoms. The standard InChI is InChI=1S/C22H26S2/c1-2-6-17(5-1)19-9-13-21(14-10-19)23-24-22-15-11-20(12-16-22)18-7-3-4-8-18/h9-18H,1-8H2. The van der Waals surface area contributed by atoms with Gasteiger partial charge in [-0.15, -0.1) is 0 Å². The van der Waals surface area contributed by atoms with Gasteiger partial charge in [-0.1, -0.05) is 71.5 Å². The lowest BCUT2D eigenvalue weighted by Gasteiger charge is -2.11. The smallest absolute Gasteiger partial charge is 0.0186 e. The monoisotopic (exact) mass is 354 g/mol. The van der Waals surface area contributed by atoms with Crippen molar-refractivity contribution < 1.29 is 0 Å². The van der Waals surface area contributed by atoms with Gasteiger partial charge in [-0.3, -0.25) is 0 Å². The molecule has 0 heterocycles. The van der Waals surface area contributed by atoms with Crippen LogP contribution in [0.4, 0.5) is 0 Å². The van der Waals surface area contributed by atoms with E-state index in [9.17, 15) is 0 Å². The van der Waals surface area contributed by atoms with Crippen molar-refractivity contribution in [1.82, 2.24) is 0 Å². The molecule has 2 aromatic rings. The molecule has 2 fully saturated rings. The molecule has 0 spiro atoms. The van der Waals surface area contributed by atoms with E-state index in [-0.39, 0.29) is 0 Å². The molecule has 4 rings (SSSR count). The van der Waals surface area contributed by atoms with E-state index in [4.69, 9.17) is 0 Å². The van der Waals surface area contributed by atoms with Gasteiger partial charge in [0.15, 0.2) is 0 Å². The molecule has 2 aromatic carbocycles. The summed E-state index contributed by atoms with van der Waals surface area (Å²) in [4.78, 5) is 2.73. The second-order valence-electron chi connectivity index (χ2n) is 7.27. The van der Waals surface area contributed by atoms with Gasteiger partial charge < -0.3 is 0 Å². The van der Waals surface area contributed by atoms with Crippen LogP contribution in [0.25, 0.3) is 0 Å². The normalized spacial score (nSPS) is 19.2. The van der Waals surface area contributed by atoms with Crippen LogP contribution in [-0.4, -0.2) is 0 Å². The fourth-order valence-electron chi connectivity index (χ4n) is 4.21. The van der Waals surface area contributed by atoms with Crippen molar-refractivity contribution in [1.29, 1.82) is 0 Å². The first kappa shape index (κ1) is 16.6. The van der Waals surface area contributed by atoms with Gasteiger partial charge in [-0.2, -0.15) is 0 Å². The van der Waals surface area contributed by atoms with Crippen molar-refractivity contribution >= 4 is 21.6 Å². The number of hydrogen-bond donors (Lipinski definition) is 0. The summed E-state index contributed by atoms with van der Waals surface area (Å²) in [6, 6.07) is 18.6. The van der Waals surface area contributed by atoms with Gasteiger partial charge in [0.25, 0.3) is 0 Å². The van der Waals surface area contributed by atoms with E-state index in [2.05, 4.69) is 48.5 Å². The first-order valence-electron chi connectivity index (χ1n) is 9.43. The van der Waals surface area contributed by atoms with Gasteiger partial charge in [-0.05, 0) is 72.9 Å². The van der Waals surface area contributed by atoms with Crippen molar-refractivity contribution in [2.75, 3.05) is 0 Å². The molecule has 0 amide bonds. The zero-order valence-corrected chi connectivity index (χ0v) is 15.9. The maximum Gasteiger partial charge on any atom is 0.0186 e. The van der Waals surface area contributed by atoms with Crippen LogP contribution in [0.5, 0.6) is 0 Å². The summed E-state index contributed by atoms with van der Waals surface area (Å²) in [6.45, 7) is 0. The van der Waals surface area contributed by atoms with Crippen LogP contribution in [-0.2, 0) is 0 Å². The molecule has 0 nitrogen and oxygen atoms in total. The van der Waals surface area contributed by atoms with E-state index >= 15 is 0 Å². The summed E-state index contributed by atoms with van der Waals surface area (Å²) in [5, 5.41) is 0. The van der Waals surface area contributed by atoms with Crippen molar-refractivity contribution in [3.63, 3.8) is 0 Å². The van der Waals surface area contributed by atoms with Crippen LogP contribution in [0.3, 0.4) is 0 Å². The number of rotatable bonds is 5. The molecule has 0 saturated heterocycles. The SMILES string of the molecule is c1cc(C2CCCC2)ccc1SSc1ccc(C2CCCC2)cc1. The lowest BCUT2D eigenvalue weighted by atomic mass is 9.98. The number of benzene rings is 2. The minimum absolute atomic E-state index is 0.819. The van der Waals surface area contributed by atoms with Crippen LogP contribution in [0.1, 0.15) is 74.3 Å². The van der Waals surface area contributed by atoms with Gasteiger partial charge in [0.1, 0.15) is 0 Å². The molecule has 2 heteroatoms. The van der Waals surface area contributed by atoms with Crippen LogP contribution < -0.4 is 0 Å². The third-order valence-corrected chi connectivity index (χ3v) is 8.06. The van der Waals surface area contributed by atoms with Crippen molar-refractivity contribution in [3.8, 4) is 0 Å². The maximum atomic E-state index is 2.35. The predicted molar refractivity (Wildman–Crippen MR) is 107 cm³/mol. The summed E-state index contributed by atoms with van der Waals surface area (Å²) in [7, 11) is 3.76. The lowest BCUT2D eigenvalue weighted by molar-refractivity contribution is 0.722. The van der Waals surface area contributed by atoms with Gasteiger partial charge in [0.2, 0.25) is 0 Å². The predicted octanol–water partition coefficient (Wildman–Crippen LogP) is 7.80. The minimum Gasteiger partial charge on any atom is -0.0576 e. The maximum absolute atomic E-state index is 2.35. The first-order chi connectivity index (χ1) is 11.9. The highest BCUT2D eigenvalue weighted by Crippen LogP contribution is 2.40. The summed E-state index contributed by atoms with van der Waals surface area (Å²) >= 11 is 0. The molecule has 2 aliphatic carbocycles. The molecule has 126 valence electrons. The van der Waals surface area contributed by atoms with Crippen molar-refractivity contribution in [2.24, 2.45) is 0 Å². The van der Waals surface area contributed by atoms with E-state index in [1.165, 1.54) is 61.2 Å². The Hall–Kier alpha value is -0.860. The van der Waals surface area contributed by atoms with E-state index in [0.717, 1.165) is 11.8 Å². The molecule has 0 radical (unpaired) electrons. The van der Waals surface area contributed by atoms with Gasteiger partial charge in [-0.25, -0.2) is 0 Å². The Bertz CT molecular complexity index is 573. The largest absolute Gasteiger partial charge is 0.0576 e. The van der Waals surface area contributed by atoms with Crippen LogP contribution >= 0.6 is 21.6 Å². The first-order valence-corrected chi connectivity index (χ1v) is 11.6. The van der Waals surface area contributed by atoms with E-state index in [1.807, 2.05) is 21.6 Å². The van der Waals surface area contributed by atoms with E-state index < -0.39 is 0 Å². The molecule has 2 saturated carbocycles. The molecule has 0 aliphatic heterocycles. The lowest BCUT2D eigenvalue weighted by Crippen LogP contribution is -1.91. The van der Waals surface area contributed by atoms with Gasteiger partial charge >= 0.3 is 0 Å². The summed E-state index contributed by atoms with van der Waals surface area (Å²) in [6.07, 6.45) is 11.2. The van der Waals surface area contributed by atoms with Gasteiger partial charge in [0.05, 0.1) is 0 Å². The number of hydrogen-bond acceptors (Lipinski definition) is 2. The molecular formula is C22H26S2. The highest BCUT2D eigenvalue weighted by atomic mass is 33.1. The molecule has 0 aromatic heterocycles. The fraction of sp³-hybridized carbons (Fsp3) is 0.455. The highest BCUT2D eigenvalue weighted by molar-refractivity contribution is 8.76.